The van der Waals surface area contributed by atoms with E-state index in [4.69, 9.17) is 10.5 Å². The maximum Gasteiger partial charge on any atom is 0.241 e. The van der Waals surface area contributed by atoms with Crippen LogP contribution in [0, 0.1) is 5.41 Å². The summed E-state index contributed by atoms with van der Waals surface area (Å²) in [6, 6.07) is 4.95. The van der Waals surface area contributed by atoms with E-state index in [1.807, 2.05) is 13.8 Å². The van der Waals surface area contributed by atoms with Crippen LogP contribution in [0.1, 0.15) is 31.4 Å². The highest BCUT2D eigenvalue weighted by Gasteiger charge is 2.35. The highest BCUT2D eigenvalue weighted by atomic mass is 32.2. The first-order valence-corrected chi connectivity index (χ1v) is 9.90. The van der Waals surface area contributed by atoms with Crippen LogP contribution in [-0.2, 0) is 32.8 Å². The van der Waals surface area contributed by atoms with Gasteiger partial charge in [-0.05, 0) is 35.1 Å². The average molecular weight is 367 g/mol. The van der Waals surface area contributed by atoms with Gasteiger partial charge in [-0.3, -0.25) is 4.79 Å². The predicted octanol–water partition coefficient (Wildman–Crippen LogP) is 0.581. The molecule has 1 amide bonds. The van der Waals surface area contributed by atoms with Crippen LogP contribution >= 0.6 is 0 Å². The van der Waals surface area contributed by atoms with Crippen molar-refractivity contribution in [1.29, 1.82) is 0 Å². The third-order valence-corrected chi connectivity index (χ3v) is 6.48. The van der Waals surface area contributed by atoms with Gasteiger partial charge in [0.15, 0.2) is 0 Å². The molecular formula is C17H25N3O4S. The fraction of sp³-hybridized carbons (Fsp3) is 0.588. The molecule has 0 spiro atoms. The zero-order valence-electron chi connectivity index (χ0n) is 14.6. The van der Waals surface area contributed by atoms with Gasteiger partial charge in [-0.25, -0.2) is 13.1 Å². The van der Waals surface area contributed by atoms with Gasteiger partial charge >= 0.3 is 0 Å². The molecule has 1 aromatic rings. The molecular weight excluding hydrogens is 342 g/mol. The highest BCUT2D eigenvalue weighted by Crippen LogP contribution is 2.27. The summed E-state index contributed by atoms with van der Waals surface area (Å²) < 4.78 is 32.6. The van der Waals surface area contributed by atoms with E-state index in [9.17, 15) is 13.2 Å². The molecule has 3 rings (SSSR count). The van der Waals surface area contributed by atoms with Gasteiger partial charge in [0.2, 0.25) is 15.9 Å². The van der Waals surface area contributed by atoms with Crippen molar-refractivity contribution >= 4 is 15.9 Å². The van der Waals surface area contributed by atoms with E-state index in [0.29, 0.717) is 26.3 Å². The molecule has 1 atom stereocenters. The molecule has 3 N–H and O–H groups in total. The number of carbonyl (C=O) groups is 1. The number of sulfonamides is 1. The van der Waals surface area contributed by atoms with Gasteiger partial charge in [0.25, 0.3) is 0 Å². The Hall–Kier alpha value is -1.48. The molecule has 2 aliphatic heterocycles. The largest absolute Gasteiger partial charge is 0.372 e. The summed E-state index contributed by atoms with van der Waals surface area (Å²) in [5.41, 5.74) is 7.78. The van der Waals surface area contributed by atoms with Crippen molar-refractivity contribution < 1.29 is 17.9 Å². The summed E-state index contributed by atoms with van der Waals surface area (Å²) in [5, 5.41) is 0. The van der Waals surface area contributed by atoms with E-state index in [-0.39, 0.29) is 28.8 Å². The molecule has 0 saturated carbocycles. The quantitative estimate of drug-likeness (QED) is 0.811. The van der Waals surface area contributed by atoms with Crippen LogP contribution in [0.2, 0.25) is 0 Å². The van der Waals surface area contributed by atoms with Crippen molar-refractivity contribution in [2.24, 2.45) is 11.1 Å². The Kier molecular flexibility index (Phi) is 4.89. The van der Waals surface area contributed by atoms with Crippen molar-refractivity contribution in [3.8, 4) is 0 Å². The molecule has 0 aliphatic carbocycles. The first kappa shape index (κ1) is 18.3. The molecule has 25 heavy (non-hydrogen) atoms. The molecule has 8 heteroatoms. The minimum Gasteiger partial charge on any atom is -0.372 e. The molecule has 1 aromatic carbocycles. The van der Waals surface area contributed by atoms with Crippen LogP contribution in [0.15, 0.2) is 23.1 Å². The lowest BCUT2D eigenvalue weighted by atomic mass is 9.80. The number of hydrogen-bond donors (Lipinski definition) is 2. The second-order valence-electron chi connectivity index (χ2n) is 7.45. The summed E-state index contributed by atoms with van der Waals surface area (Å²) in [7, 11) is -3.73. The summed E-state index contributed by atoms with van der Waals surface area (Å²) >= 11 is 0. The lowest BCUT2D eigenvalue weighted by molar-refractivity contribution is -0.133. The van der Waals surface area contributed by atoms with Gasteiger partial charge in [0, 0.05) is 19.1 Å². The number of benzene rings is 1. The number of nitrogens with two attached hydrogens (primary N) is 1. The molecule has 2 aliphatic rings. The number of piperidine rings is 1. The van der Waals surface area contributed by atoms with E-state index >= 15 is 0 Å². The van der Waals surface area contributed by atoms with Crippen molar-refractivity contribution in [3.05, 3.63) is 29.3 Å². The first-order valence-electron chi connectivity index (χ1n) is 8.42. The fourth-order valence-corrected chi connectivity index (χ4v) is 4.28. The maximum absolute atomic E-state index is 12.5. The van der Waals surface area contributed by atoms with Crippen LogP contribution in [0.25, 0.3) is 0 Å². The van der Waals surface area contributed by atoms with E-state index in [0.717, 1.165) is 17.5 Å². The third-order valence-electron chi connectivity index (χ3n) is 5.08. The minimum absolute atomic E-state index is 0.0434. The summed E-state index contributed by atoms with van der Waals surface area (Å²) in [5.74, 6) is -0.229. The van der Waals surface area contributed by atoms with Gasteiger partial charge in [0.1, 0.15) is 0 Å². The Labute approximate surface area is 148 Å². The second kappa shape index (κ2) is 6.68. The highest BCUT2D eigenvalue weighted by molar-refractivity contribution is 7.89. The van der Waals surface area contributed by atoms with Gasteiger partial charge < -0.3 is 15.4 Å². The molecule has 7 nitrogen and oxygen atoms in total. The van der Waals surface area contributed by atoms with Crippen molar-refractivity contribution in [1.82, 2.24) is 9.62 Å². The summed E-state index contributed by atoms with van der Waals surface area (Å²) in [6.07, 6.45) is 0.719. The number of rotatable bonds is 4. The molecule has 1 unspecified atom stereocenters. The van der Waals surface area contributed by atoms with Gasteiger partial charge in [-0.15, -0.1) is 0 Å². The molecule has 2 heterocycles. The summed E-state index contributed by atoms with van der Waals surface area (Å²) in [6.45, 7) is 5.81. The molecule has 1 saturated heterocycles. The van der Waals surface area contributed by atoms with E-state index in [1.54, 1.807) is 23.1 Å². The monoisotopic (exact) mass is 367 g/mol. The number of nitrogens with one attached hydrogen (secondary N) is 1. The Balaban J connectivity index is 1.63. The second-order valence-corrected chi connectivity index (χ2v) is 9.21. The first-order chi connectivity index (χ1) is 11.7. The minimum atomic E-state index is -3.73. The van der Waals surface area contributed by atoms with Crippen molar-refractivity contribution in [2.75, 3.05) is 19.6 Å². The molecule has 1 fully saturated rings. The smallest absolute Gasteiger partial charge is 0.241 e. The lowest BCUT2D eigenvalue weighted by Gasteiger charge is -2.42. The SMILES string of the molecule is CC1(C)CN(C(=O)CNS(=O)(=O)c2ccc3c(c2)COC3)CCC1N. The zero-order valence-corrected chi connectivity index (χ0v) is 15.4. The molecule has 138 valence electrons. The lowest BCUT2D eigenvalue weighted by Crippen LogP contribution is -2.55. The average Bonchev–Trinajstić information content (AvgIpc) is 3.02. The predicted molar refractivity (Wildman–Crippen MR) is 93.1 cm³/mol. The van der Waals surface area contributed by atoms with E-state index in [2.05, 4.69) is 4.72 Å². The Morgan fingerprint density at radius 3 is 2.80 bits per heavy atom. The van der Waals surface area contributed by atoms with E-state index < -0.39 is 10.0 Å². The fourth-order valence-electron chi connectivity index (χ4n) is 3.25. The maximum atomic E-state index is 12.5. The van der Waals surface area contributed by atoms with Crippen molar-refractivity contribution in [2.45, 2.75) is 44.4 Å². The van der Waals surface area contributed by atoms with Crippen LogP contribution in [0.5, 0.6) is 0 Å². The standard InChI is InChI=1S/C17H25N3O4S/c1-17(2)11-20(6-5-15(17)18)16(21)8-19-25(22,23)14-4-3-12-9-24-10-13(12)7-14/h3-4,7,15,19H,5-6,8-11,18H2,1-2H3. The van der Waals surface area contributed by atoms with Crippen molar-refractivity contribution in [3.63, 3.8) is 0 Å². The molecule has 0 bridgehead atoms. The Bertz CT molecular complexity index is 776. The topological polar surface area (TPSA) is 102 Å². The number of hydrogen-bond acceptors (Lipinski definition) is 5. The molecule has 0 aromatic heterocycles. The number of ether oxygens (including phenoxy) is 1. The van der Waals surface area contributed by atoms with Gasteiger partial charge in [0.05, 0.1) is 24.7 Å². The Morgan fingerprint density at radius 2 is 2.08 bits per heavy atom. The number of carbonyl (C=O) groups excluding carboxylic acids is 1. The number of likely N-dealkylation sites (tertiary alicyclic amines) is 1. The van der Waals surface area contributed by atoms with Crippen LogP contribution in [-0.4, -0.2) is 44.9 Å². The number of amides is 1. The van der Waals surface area contributed by atoms with Crippen LogP contribution in [0.4, 0.5) is 0 Å². The third kappa shape index (κ3) is 3.87. The van der Waals surface area contributed by atoms with E-state index in [1.165, 1.54) is 0 Å². The summed E-state index contributed by atoms with van der Waals surface area (Å²) in [4.78, 5) is 14.2. The number of fused-ring (bicyclic) bond motifs is 1. The van der Waals surface area contributed by atoms with Gasteiger partial charge in [-0.1, -0.05) is 19.9 Å². The Morgan fingerprint density at radius 1 is 1.36 bits per heavy atom. The normalized spacial score (nSPS) is 22.7. The van der Waals surface area contributed by atoms with Crippen LogP contribution < -0.4 is 10.5 Å². The van der Waals surface area contributed by atoms with Gasteiger partial charge in [-0.2, -0.15) is 0 Å². The number of nitrogens with zero attached hydrogens (tertiary/aromatic N) is 1. The van der Waals surface area contributed by atoms with Crippen LogP contribution in [0.3, 0.4) is 0 Å². The zero-order chi connectivity index (χ0) is 18.2. The molecule has 0 radical (unpaired) electrons.